The SMILES string of the molecule is CCNC(=NCCc1ccc2c(c1)OCO2)NCCc1cnn(C)c1.I. The number of guanidine groups is 1. The van der Waals surface area contributed by atoms with Crippen molar-refractivity contribution < 1.29 is 9.47 Å². The summed E-state index contributed by atoms with van der Waals surface area (Å²) < 4.78 is 12.6. The molecule has 8 heteroatoms. The van der Waals surface area contributed by atoms with E-state index in [9.17, 15) is 0 Å². The van der Waals surface area contributed by atoms with Crippen molar-refractivity contribution in [2.45, 2.75) is 19.8 Å². The van der Waals surface area contributed by atoms with Crippen molar-refractivity contribution in [3.05, 3.63) is 41.7 Å². The van der Waals surface area contributed by atoms with Gasteiger partial charge in [-0.2, -0.15) is 5.10 Å². The fourth-order valence-corrected chi connectivity index (χ4v) is 2.66. The zero-order valence-corrected chi connectivity index (χ0v) is 17.5. The number of nitrogens with one attached hydrogen (secondary N) is 2. The largest absolute Gasteiger partial charge is 0.454 e. The number of aromatic nitrogens is 2. The van der Waals surface area contributed by atoms with Crippen LogP contribution in [0.5, 0.6) is 11.5 Å². The van der Waals surface area contributed by atoms with E-state index in [-0.39, 0.29) is 24.0 Å². The molecule has 0 aliphatic carbocycles. The van der Waals surface area contributed by atoms with E-state index in [0.29, 0.717) is 13.3 Å². The van der Waals surface area contributed by atoms with Gasteiger partial charge in [0.15, 0.2) is 17.5 Å². The van der Waals surface area contributed by atoms with Crippen LogP contribution in [0.1, 0.15) is 18.1 Å². The fourth-order valence-electron chi connectivity index (χ4n) is 2.66. The molecule has 1 aliphatic rings. The topological polar surface area (TPSA) is 72.7 Å². The number of rotatable bonds is 7. The number of benzene rings is 1. The summed E-state index contributed by atoms with van der Waals surface area (Å²) >= 11 is 0. The molecule has 0 radical (unpaired) electrons. The van der Waals surface area contributed by atoms with Crippen LogP contribution in [0.15, 0.2) is 35.6 Å². The number of hydrogen-bond acceptors (Lipinski definition) is 4. The monoisotopic (exact) mass is 471 g/mol. The summed E-state index contributed by atoms with van der Waals surface area (Å²) in [5.41, 5.74) is 2.41. The third-order valence-electron chi connectivity index (χ3n) is 3.92. The van der Waals surface area contributed by atoms with Crippen LogP contribution in [0.3, 0.4) is 0 Å². The van der Waals surface area contributed by atoms with E-state index in [1.54, 1.807) is 0 Å². The number of halogens is 1. The Labute approximate surface area is 171 Å². The molecule has 2 aromatic rings. The number of aryl methyl sites for hydroxylation is 1. The summed E-state index contributed by atoms with van der Waals surface area (Å²) in [5.74, 6) is 2.48. The highest BCUT2D eigenvalue weighted by Gasteiger charge is 2.12. The maximum absolute atomic E-state index is 5.41. The summed E-state index contributed by atoms with van der Waals surface area (Å²) in [6.45, 7) is 4.74. The van der Waals surface area contributed by atoms with E-state index in [0.717, 1.165) is 43.4 Å². The van der Waals surface area contributed by atoms with Crippen molar-refractivity contribution >= 4 is 29.9 Å². The highest BCUT2D eigenvalue weighted by atomic mass is 127. The molecule has 142 valence electrons. The molecule has 0 amide bonds. The smallest absolute Gasteiger partial charge is 0.231 e. The van der Waals surface area contributed by atoms with Gasteiger partial charge in [0.1, 0.15) is 0 Å². The van der Waals surface area contributed by atoms with Crippen LogP contribution in [-0.2, 0) is 19.9 Å². The first-order chi connectivity index (χ1) is 12.2. The lowest BCUT2D eigenvalue weighted by atomic mass is 10.1. The molecule has 2 N–H and O–H groups in total. The van der Waals surface area contributed by atoms with Gasteiger partial charge in [0.05, 0.1) is 6.20 Å². The van der Waals surface area contributed by atoms with Crippen molar-refractivity contribution in [2.75, 3.05) is 26.4 Å². The molecule has 7 nitrogen and oxygen atoms in total. The molecule has 1 aromatic carbocycles. The Bertz CT molecular complexity index is 732. The third-order valence-corrected chi connectivity index (χ3v) is 3.92. The molecule has 0 unspecified atom stereocenters. The summed E-state index contributed by atoms with van der Waals surface area (Å²) in [5, 5.41) is 10.8. The Morgan fingerprint density at radius 1 is 1.19 bits per heavy atom. The number of ether oxygens (including phenoxy) is 2. The molecule has 26 heavy (non-hydrogen) atoms. The van der Waals surface area contributed by atoms with Gasteiger partial charge < -0.3 is 20.1 Å². The average molecular weight is 471 g/mol. The summed E-state index contributed by atoms with van der Waals surface area (Å²) in [4.78, 5) is 4.64. The number of hydrogen-bond donors (Lipinski definition) is 2. The van der Waals surface area contributed by atoms with Crippen molar-refractivity contribution in [3.63, 3.8) is 0 Å². The van der Waals surface area contributed by atoms with Gasteiger partial charge in [0.25, 0.3) is 0 Å². The van der Waals surface area contributed by atoms with Crippen molar-refractivity contribution in [3.8, 4) is 11.5 Å². The molecular weight excluding hydrogens is 445 g/mol. The Balaban J connectivity index is 0.00000243. The van der Waals surface area contributed by atoms with Crippen LogP contribution in [-0.4, -0.2) is 42.2 Å². The van der Waals surface area contributed by atoms with E-state index in [2.05, 4.69) is 33.7 Å². The Kier molecular flexibility index (Phi) is 8.02. The molecule has 0 bridgehead atoms. The fraction of sp³-hybridized carbons (Fsp3) is 0.444. The third kappa shape index (κ3) is 5.79. The average Bonchev–Trinajstić information content (AvgIpc) is 3.23. The molecule has 0 spiro atoms. The van der Waals surface area contributed by atoms with Crippen LogP contribution >= 0.6 is 24.0 Å². The van der Waals surface area contributed by atoms with Crippen molar-refractivity contribution in [1.29, 1.82) is 0 Å². The molecule has 2 heterocycles. The maximum atomic E-state index is 5.41. The van der Waals surface area contributed by atoms with Gasteiger partial charge in [-0.1, -0.05) is 6.07 Å². The summed E-state index contributed by atoms with van der Waals surface area (Å²) in [6.07, 6.45) is 5.70. The molecule has 1 aromatic heterocycles. The minimum Gasteiger partial charge on any atom is -0.454 e. The van der Waals surface area contributed by atoms with Crippen LogP contribution < -0.4 is 20.1 Å². The number of fused-ring (bicyclic) bond motifs is 1. The van der Waals surface area contributed by atoms with Gasteiger partial charge in [-0.05, 0) is 43.0 Å². The highest BCUT2D eigenvalue weighted by Crippen LogP contribution is 2.32. The van der Waals surface area contributed by atoms with Gasteiger partial charge in [0, 0.05) is 32.9 Å². The number of nitrogens with zero attached hydrogens (tertiary/aromatic N) is 3. The summed E-state index contributed by atoms with van der Waals surface area (Å²) in [7, 11) is 1.93. The van der Waals surface area contributed by atoms with Crippen LogP contribution in [0.25, 0.3) is 0 Å². The molecule has 0 atom stereocenters. The van der Waals surface area contributed by atoms with E-state index >= 15 is 0 Å². The lowest BCUT2D eigenvalue weighted by molar-refractivity contribution is 0.174. The Hall–Kier alpha value is -1.97. The molecule has 0 saturated heterocycles. The quantitative estimate of drug-likeness (QED) is 0.368. The van der Waals surface area contributed by atoms with E-state index in [4.69, 9.17) is 9.47 Å². The Morgan fingerprint density at radius 2 is 2.04 bits per heavy atom. The molecular formula is C18H26IN5O2. The zero-order chi connectivity index (χ0) is 17.5. The highest BCUT2D eigenvalue weighted by molar-refractivity contribution is 14.0. The van der Waals surface area contributed by atoms with Gasteiger partial charge in [-0.15, -0.1) is 24.0 Å². The second-order valence-electron chi connectivity index (χ2n) is 5.90. The second-order valence-corrected chi connectivity index (χ2v) is 5.90. The first-order valence-corrected chi connectivity index (χ1v) is 8.63. The minimum atomic E-state index is 0. The Morgan fingerprint density at radius 3 is 2.81 bits per heavy atom. The van der Waals surface area contributed by atoms with Crippen LogP contribution in [0.4, 0.5) is 0 Å². The molecule has 1 aliphatic heterocycles. The predicted octanol–water partition coefficient (Wildman–Crippen LogP) is 2.11. The first-order valence-electron chi connectivity index (χ1n) is 8.63. The lowest BCUT2D eigenvalue weighted by Crippen LogP contribution is -2.38. The van der Waals surface area contributed by atoms with E-state index in [1.165, 1.54) is 11.1 Å². The van der Waals surface area contributed by atoms with Crippen molar-refractivity contribution in [1.82, 2.24) is 20.4 Å². The number of aliphatic imine (C=N–C) groups is 1. The van der Waals surface area contributed by atoms with Crippen molar-refractivity contribution in [2.24, 2.45) is 12.0 Å². The van der Waals surface area contributed by atoms with Gasteiger partial charge in [-0.25, -0.2) is 0 Å². The lowest BCUT2D eigenvalue weighted by Gasteiger charge is -2.11. The van der Waals surface area contributed by atoms with Gasteiger partial charge in [-0.3, -0.25) is 9.67 Å². The van der Waals surface area contributed by atoms with E-state index < -0.39 is 0 Å². The standard InChI is InChI=1S/C18H25N5O2.HI/c1-3-19-18(21-9-7-15-11-22-23(2)12-15)20-8-6-14-4-5-16-17(10-14)25-13-24-16;/h4-5,10-12H,3,6-9,13H2,1-2H3,(H2,19,20,21);1H. The van der Waals surface area contributed by atoms with Gasteiger partial charge >= 0.3 is 0 Å². The van der Waals surface area contributed by atoms with Crippen LogP contribution in [0, 0.1) is 0 Å². The van der Waals surface area contributed by atoms with E-state index in [1.807, 2.05) is 36.3 Å². The molecule has 3 rings (SSSR count). The minimum absolute atomic E-state index is 0. The zero-order valence-electron chi connectivity index (χ0n) is 15.2. The second kappa shape index (κ2) is 10.2. The molecule has 0 saturated carbocycles. The maximum Gasteiger partial charge on any atom is 0.231 e. The van der Waals surface area contributed by atoms with Gasteiger partial charge in [0.2, 0.25) is 6.79 Å². The summed E-state index contributed by atoms with van der Waals surface area (Å²) in [6, 6.07) is 6.05. The first kappa shape index (κ1) is 20.3. The predicted molar refractivity (Wildman–Crippen MR) is 113 cm³/mol. The van der Waals surface area contributed by atoms with Crippen LogP contribution in [0.2, 0.25) is 0 Å². The normalized spacial score (nSPS) is 12.6. The molecule has 0 fully saturated rings.